The van der Waals surface area contributed by atoms with Gasteiger partial charge in [-0.25, -0.2) is 4.68 Å². The van der Waals surface area contributed by atoms with Crippen LogP contribution in [0.15, 0.2) is 30.5 Å². The second-order valence-electron chi connectivity index (χ2n) is 6.54. The van der Waals surface area contributed by atoms with Gasteiger partial charge in [0, 0.05) is 11.7 Å². The number of rotatable bonds is 2. The molecule has 0 unspecified atom stereocenters. The quantitative estimate of drug-likeness (QED) is 0.448. The molecule has 0 aliphatic carbocycles. The normalized spacial score (nSPS) is 18.6. The first-order valence-corrected chi connectivity index (χ1v) is 8.91. The molecule has 1 aromatic heterocycles. The van der Waals surface area contributed by atoms with Crippen LogP contribution < -0.4 is 21.5 Å². The van der Waals surface area contributed by atoms with Crippen molar-refractivity contribution in [2.75, 3.05) is 10.6 Å². The minimum absolute atomic E-state index is 0.00742. The Labute approximate surface area is 164 Å². The van der Waals surface area contributed by atoms with Crippen molar-refractivity contribution in [1.29, 1.82) is 0 Å². The molecule has 1 amide bonds. The van der Waals surface area contributed by atoms with E-state index in [4.69, 9.17) is 12.2 Å². The average Bonchev–Trinajstić information content (AvgIpc) is 3.03. The second-order valence-corrected chi connectivity index (χ2v) is 6.95. The number of alkyl halides is 3. The monoisotopic (exact) mass is 412 g/mol. The summed E-state index contributed by atoms with van der Waals surface area (Å²) in [5, 5.41) is 9.72. The molecule has 0 saturated carbocycles. The molecule has 150 valence electrons. The lowest BCUT2D eigenvalue weighted by molar-refractivity contribution is -0.173. The summed E-state index contributed by atoms with van der Waals surface area (Å²) in [6, 6.07) is 5.19. The molecule has 0 spiro atoms. The lowest BCUT2D eigenvalue weighted by Gasteiger charge is -2.31. The Balaban J connectivity index is 1.68. The van der Waals surface area contributed by atoms with Crippen molar-refractivity contribution in [2.45, 2.75) is 38.5 Å². The molecule has 1 aromatic carbocycles. The number of benzene rings is 1. The maximum atomic E-state index is 13.3. The number of hydrogen-bond acceptors (Lipinski definition) is 4. The number of anilines is 2. The largest absolute Gasteiger partial charge is 0.410 e. The lowest BCUT2D eigenvalue weighted by atomic mass is 10.1. The SMILES string of the molecule is Cc1ccccc1NC(=S)NNC(=O)c1cnn2c1N[C@H](C)C[C@@H]2C(F)(F)F. The van der Waals surface area contributed by atoms with E-state index < -0.39 is 24.2 Å². The van der Waals surface area contributed by atoms with Gasteiger partial charge in [-0.15, -0.1) is 0 Å². The van der Waals surface area contributed by atoms with E-state index in [1.165, 1.54) is 0 Å². The third kappa shape index (κ3) is 4.19. The molecule has 11 heteroatoms. The molecule has 2 aromatic rings. The summed E-state index contributed by atoms with van der Waals surface area (Å²) in [4.78, 5) is 12.4. The third-order valence-corrected chi connectivity index (χ3v) is 4.56. The van der Waals surface area contributed by atoms with Crippen molar-refractivity contribution < 1.29 is 18.0 Å². The first-order valence-electron chi connectivity index (χ1n) is 8.50. The highest BCUT2D eigenvalue weighted by Crippen LogP contribution is 2.39. The molecule has 2 atom stereocenters. The molecular weight excluding hydrogens is 393 g/mol. The van der Waals surface area contributed by atoms with Crippen LogP contribution in [0.25, 0.3) is 0 Å². The van der Waals surface area contributed by atoms with Gasteiger partial charge in [-0.3, -0.25) is 15.6 Å². The van der Waals surface area contributed by atoms with Crippen molar-refractivity contribution in [3.63, 3.8) is 0 Å². The van der Waals surface area contributed by atoms with Crippen LogP contribution >= 0.6 is 12.2 Å². The fourth-order valence-electron chi connectivity index (χ4n) is 2.96. The number of para-hydroxylation sites is 1. The molecule has 0 fully saturated rings. The van der Waals surface area contributed by atoms with Gasteiger partial charge in [0.15, 0.2) is 11.2 Å². The smallest absolute Gasteiger partial charge is 0.367 e. The highest BCUT2D eigenvalue weighted by Gasteiger charge is 2.46. The average molecular weight is 412 g/mol. The van der Waals surface area contributed by atoms with Crippen LogP contribution in [0, 0.1) is 6.92 Å². The van der Waals surface area contributed by atoms with E-state index >= 15 is 0 Å². The summed E-state index contributed by atoms with van der Waals surface area (Å²) in [7, 11) is 0. The molecule has 3 rings (SSSR count). The number of hydrazine groups is 1. The summed E-state index contributed by atoms with van der Waals surface area (Å²) in [5.74, 6) is -0.629. The van der Waals surface area contributed by atoms with Gasteiger partial charge >= 0.3 is 6.18 Å². The van der Waals surface area contributed by atoms with Crippen LogP contribution in [0.3, 0.4) is 0 Å². The van der Waals surface area contributed by atoms with Gasteiger partial charge in [-0.05, 0) is 44.1 Å². The van der Waals surface area contributed by atoms with E-state index in [1.54, 1.807) is 6.92 Å². The highest BCUT2D eigenvalue weighted by atomic mass is 32.1. The zero-order valence-corrected chi connectivity index (χ0v) is 15.9. The molecule has 0 bridgehead atoms. The number of hydrogen-bond donors (Lipinski definition) is 4. The summed E-state index contributed by atoms with van der Waals surface area (Å²) in [5.41, 5.74) is 6.63. The molecule has 28 heavy (non-hydrogen) atoms. The van der Waals surface area contributed by atoms with Crippen LogP contribution in [-0.2, 0) is 0 Å². The van der Waals surface area contributed by atoms with Crippen molar-refractivity contribution in [2.24, 2.45) is 0 Å². The van der Waals surface area contributed by atoms with Crippen LogP contribution in [0.5, 0.6) is 0 Å². The van der Waals surface area contributed by atoms with E-state index in [2.05, 4.69) is 26.6 Å². The predicted octanol–water partition coefficient (Wildman–Crippen LogP) is 3.13. The zero-order chi connectivity index (χ0) is 20.5. The predicted molar refractivity (Wildman–Crippen MR) is 103 cm³/mol. The molecule has 1 aliphatic rings. The minimum atomic E-state index is -4.46. The van der Waals surface area contributed by atoms with Gasteiger partial charge < -0.3 is 10.6 Å². The number of carbonyl (C=O) groups excluding carboxylic acids is 1. The fourth-order valence-corrected chi connectivity index (χ4v) is 3.12. The van der Waals surface area contributed by atoms with Gasteiger partial charge in [-0.1, -0.05) is 18.2 Å². The van der Waals surface area contributed by atoms with Crippen molar-refractivity contribution in [3.05, 3.63) is 41.6 Å². The van der Waals surface area contributed by atoms with Gasteiger partial charge in [0.25, 0.3) is 5.91 Å². The zero-order valence-electron chi connectivity index (χ0n) is 15.1. The van der Waals surface area contributed by atoms with Gasteiger partial charge in [0.05, 0.1) is 6.20 Å². The Hall–Kier alpha value is -2.82. The number of aryl methyl sites for hydroxylation is 1. The lowest BCUT2D eigenvalue weighted by Crippen LogP contribution is -2.44. The standard InChI is InChI=1S/C17H19F3N6OS/c1-9-5-3-4-6-12(9)23-16(28)25-24-15(27)11-8-21-26-13(17(18,19)20)7-10(2)22-14(11)26/h3-6,8,10,13,22H,7H2,1-2H3,(H,24,27)(H2,23,25,28)/t10-,13-/m1/s1. The molecule has 2 heterocycles. The number of fused-ring (bicyclic) bond motifs is 1. The van der Waals surface area contributed by atoms with Crippen LogP contribution in [0.4, 0.5) is 24.7 Å². The molecular formula is C17H19F3N6OS. The minimum Gasteiger partial charge on any atom is -0.367 e. The summed E-state index contributed by atoms with van der Waals surface area (Å²) < 4.78 is 40.6. The topological polar surface area (TPSA) is 83.0 Å². The first-order chi connectivity index (χ1) is 13.2. The molecule has 1 aliphatic heterocycles. The number of aromatic nitrogens is 2. The summed E-state index contributed by atoms with van der Waals surface area (Å²) in [6.45, 7) is 3.52. The third-order valence-electron chi connectivity index (χ3n) is 4.36. The van der Waals surface area contributed by atoms with Gasteiger partial charge in [0.2, 0.25) is 0 Å². The summed E-state index contributed by atoms with van der Waals surface area (Å²) >= 11 is 5.13. The van der Waals surface area contributed by atoms with Crippen molar-refractivity contribution in [1.82, 2.24) is 20.6 Å². The second kappa shape index (κ2) is 7.66. The van der Waals surface area contributed by atoms with E-state index in [1.807, 2.05) is 31.2 Å². The molecule has 4 N–H and O–H groups in total. The number of nitrogens with one attached hydrogen (secondary N) is 4. The van der Waals surface area contributed by atoms with Crippen LogP contribution in [-0.4, -0.2) is 33.0 Å². The fraction of sp³-hybridized carbons (Fsp3) is 0.353. The Morgan fingerprint density at radius 3 is 2.71 bits per heavy atom. The Bertz CT molecular complexity index is 897. The number of halogens is 3. The maximum absolute atomic E-state index is 13.3. The Kier molecular flexibility index (Phi) is 5.45. The molecule has 0 saturated heterocycles. The molecule has 7 nitrogen and oxygen atoms in total. The Morgan fingerprint density at radius 2 is 2.04 bits per heavy atom. The summed E-state index contributed by atoms with van der Waals surface area (Å²) in [6.07, 6.45) is -3.52. The van der Waals surface area contributed by atoms with Crippen LogP contribution in [0.1, 0.15) is 35.3 Å². The molecule has 0 radical (unpaired) electrons. The van der Waals surface area contributed by atoms with Gasteiger partial charge in [-0.2, -0.15) is 18.3 Å². The number of nitrogens with zero attached hydrogens (tertiary/aromatic N) is 2. The number of carbonyl (C=O) groups is 1. The van der Waals surface area contributed by atoms with E-state index in [0.717, 1.165) is 22.1 Å². The van der Waals surface area contributed by atoms with Gasteiger partial charge in [0.1, 0.15) is 11.4 Å². The van der Waals surface area contributed by atoms with E-state index in [9.17, 15) is 18.0 Å². The maximum Gasteiger partial charge on any atom is 0.410 e. The highest BCUT2D eigenvalue weighted by molar-refractivity contribution is 7.80. The van der Waals surface area contributed by atoms with E-state index in [-0.39, 0.29) is 22.9 Å². The Morgan fingerprint density at radius 1 is 1.32 bits per heavy atom. The van der Waals surface area contributed by atoms with E-state index in [0.29, 0.717) is 0 Å². The first kappa shape index (κ1) is 19.9. The number of thiocarbonyl (C=S) groups is 1. The van der Waals surface area contributed by atoms with Crippen molar-refractivity contribution >= 4 is 34.7 Å². The number of amides is 1. The van der Waals surface area contributed by atoms with Crippen molar-refractivity contribution in [3.8, 4) is 0 Å². The van der Waals surface area contributed by atoms with Crippen LogP contribution in [0.2, 0.25) is 0 Å².